The highest BCUT2D eigenvalue weighted by Crippen LogP contribution is 2.36. The smallest absolute Gasteiger partial charge is 0.127 e. The summed E-state index contributed by atoms with van der Waals surface area (Å²) in [5.74, 6) is -0.206. The number of pyridine rings is 1. The van der Waals surface area contributed by atoms with Crippen molar-refractivity contribution < 1.29 is 4.79 Å². The van der Waals surface area contributed by atoms with E-state index in [1.807, 2.05) is 62.4 Å². The van der Waals surface area contributed by atoms with E-state index in [4.69, 9.17) is 11.6 Å². The fourth-order valence-corrected chi connectivity index (χ4v) is 3.03. The van der Waals surface area contributed by atoms with Crippen LogP contribution in [0.1, 0.15) is 24.1 Å². The van der Waals surface area contributed by atoms with Crippen molar-refractivity contribution in [2.75, 3.05) is 0 Å². The van der Waals surface area contributed by atoms with Crippen molar-refractivity contribution in [2.45, 2.75) is 19.8 Å². The predicted molar refractivity (Wildman–Crippen MR) is 91.4 cm³/mol. The lowest BCUT2D eigenvalue weighted by Gasteiger charge is -2.18. The Labute approximate surface area is 134 Å². The van der Waals surface area contributed by atoms with Gasteiger partial charge in [0, 0.05) is 22.0 Å². The van der Waals surface area contributed by atoms with Gasteiger partial charge in [0.1, 0.15) is 6.29 Å². The molecule has 0 aliphatic heterocycles. The monoisotopic (exact) mass is 309 g/mol. The number of para-hydroxylation sites is 1. The van der Waals surface area contributed by atoms with Crippen LogP contribution in [0.3, 0.4) is 0 Å². The van der Waals surface area contributed by atoms with Crippen LogP contribution in [0.5, 0.6) is 0 Å². The summed E-state index contributed by atoms with van der Waals surface area (Å²) < 4.78 is 0. The fraction of sp³-hybridized carbons (Fsp3) is 0.158. The SMILES string of the molecule is Cc1nc2ccccc2c(-c2ccc(Cl)cc2)c1C(C)C=O. The van der Waals surface area contributed by atoms with Gasteiger partial charge in [-0.3, -0.25) is 4.98 Å². The highest BCUT2D eigenvalue weighted by molar-refractivity contribution is 6.30. The zero-order valence-electron chi connectivity index (χ0n) is 12.5. The Balaban J connectivity index is 2.42. The van der Waals surface area contributed by atoms with Crippen molar-refractivity contribution in [3.8, 4) is 11.1 Å². The van der Waals surface area contributed by atoms with E-state index in [2.05, 4.69) is 4.98 Å². The molecule has 0 spiro atoms. The van der Waals surface area contributed by atoms with Crippen LogP contribution in [0.15, 0.2) is 48.5 Å². The average molecular weight is 310 g/mol. The van der Waals surface area contributed by atoms with Crippen molar-refractivity contribution in [3.63, 3.8) is 0 Å². The predicted octanol–water partition coefficient (Wildman–Crippen LogP) is 5.17. The zero-order valence-corrected chi connectivity index (χ0v) is 13.3. The van der Waals surface area contributed by atoms with Gasteiger partial charge < -0.3 is 4.79 Å². The summed E-state index contributed by atoms with van der Waals surface area (Å²) in [7, 11) is 0. The number of nitrogens with zero attached hydrogens (tertiary/aromatic N) is 1. The molecule has 0 radical (unpaired) electrons. The molecule has 3 rings (SSSR count). The normalized spacial score (nSPS) is 12.3. The Kier molecular flexibility index (Phi) is 3.95. The molecule has 3 aromatic rings. The number of carbonyl (C=O) groups excluding carboxylic acids is 1. The van der Waals surface area contributed by atoms with Gasteiger partial charge in [-0.2, -0.15) is 0 Å². The topological polar surface area (TPSA) is 30.0 Å². The van der Waals surface area contributed by atoms with Crippen LogP contribution in [0.25, 0.3) is 22.0 Å². The van der Waals surface area contributed by atoms with Gasteiger partial charge in [0.25, 0.3) is 0 Å². The number of halogens is 1. The van der Waals surface area contributed by atoms with Crippen LogP contribution in [0, 0.1) is 6.92 Å². The van der Waals surface area contributed by atoms with E-state index >= 15 is 0 Å². The second-order valence-electron chi connectivity index (χ2n) is 5.43. The summed E-state index contributed by atoms with van der Waals surface area (Å²) in [6.45, 7) is 3.87. The van der Waals surface area contributed by atoms with Gasteiger partial charge in [0.15, 0.2) is 0 Å². The Hall–Kier alpha value is -2.19. The van der Waals surface area contributed by atoms with Gasteiger partial charge in [-0.25, -0.2) is 0 Å². The molecule has 0 aliphatic rings. The highest BCUT2D eigenvalue weighted by atomic mass is 35.5. The van der Waals surface area contributed by atoms with Gasteiger partial charge in [0.05, 0.1) is 5.52 Å². The molecular formula is C19H16ClNO. The molecule has 0 bridgehead atoms. The van der Waals surface area contributed by atoms with Crippen molar-refractivity contribution >= 4 is 28.8 Å². The number of aryl methyl sites for hydroxylation is 1. The lowest BCUT2D eigenvalue weighted by atomic mass is 9.88. The van der Waals surface area contributed by atoms with Gasteiger partial charge in [-0.05, 0) is 41.8 Å². The second-order valence-corrected chi connectivity index (χ2v) is 5.87. The Morgan fingerprint density at radius 1 is 1.09 bits per heavy atom. The number of carbonyl (C=O) groups is 1. The van der Waals surface area contributed by atoms with E-state index in [0.717, 1.165) is 39.6 Å². The first kappa shape index (κ1) is 14.7. The summed E-state index contributed by atoms with van der Waals surface area (Å²) in [6.07, 6.45) is 0.970. The standard InChI is InChI=1S/C19H16ClNO/c1-12(11-22)18-13(2)21-17-6-4-3-5-16(17)19(18)14-7-9-15(20)10-8-14/h3-12H,1-2H3. The molecule has 3 heteroatoms. The van der Waals surface area contributed by atoms with Gasteiger partial charge in [-0.1, -0.05) is 48.9 Å². The summed E-state index contributed by atoms with van der Waals surface area (Å²) in [4.78, 5) is 16.0. The number of aromatic nitrogens is 1. The largest absolute Gasteiger partial charge is 0.303 e. The van der Waals surface area contributed by atoms with Gasteiger partial charge in [0.2, 0.25) is 0 Å². The minimum atomic E-state index is -0.206. The third-order valence-electron chi connectivity index (χ3n) is 3.91. The number of hydrogen-bond acceptors (Lipinski definition) is 2. The molecule has 2 aromatic carbocycles. The molecule has 0 N–H and O–H groups in total. The van der Waals surface area contributed by atoms with Crippen molar-refractivity contribution in [1.29, 1.82) is 0 Å². The number of rotatable bonds is 3. The Morgan fingerprint density at radius 2 is 1.77 bits per heavy atom. The first-order valence-electron chi connectivity index (χ1n) is 7.22. The third kappa shape index (κ3) is 2.51. The van der Waals surface area contributed by atoms with E-state index < -0.39 is 0 Å². The van der Waals surface area contributed by atoms with Crippen LogP contribution in [-0.4, -0.2) is 11.3 Å². The number of benzene rings is 2. The molecule has 0 aliphatic carbocycles. The molecular weight excluding hydrogens is 294 g/mol. The maximum absolute atomic E-state index is 11.4. The molecule has 1 unspecified atom stereocenters. The molecule has 2 nitrogen and oxygen atoms in total. The summed E-state index contributed by atoms with van der Waals surface area (Å²) >= 11 is 6.01. The fourth-order valence-electron chi connectivity index (χ4n) is 2.90. The molecule has 1 aromatic heterocycles. The molecule has 22 heavy (non-hydrogen) atoms. The highest BCUT2D eigenvalue weighted by Gasteiger charge is 2.18. The number of hydrogen-bond donors (Lipinski definition) is 0. The summed E-state index contributed by atoms with van der Waals surface area (Å²) in [6, 6.07) is 15.7. The van der Waals surface area contributed by atoms with E-state index in [1.165, 1.54) is 0 Å². The zero-order chi connectivity index (χ0) is 15.7. The van der Waals surface area contributed by atoms with E-state index in [-0.39, 0.29) is 5.92 Å². The average Bonchev–Trinajstić information content (AvgIpc) is 2.54. The van der Waals surface area contributed by atoms with Crippen LogP contribution in [0.4, 0.5) is 0 Å². The van der Waals surface area contributed by atoms with Crippen LogP contribution < -0.4 is 0 Å². The minimum Gasteiger partial charge on any atom is -0.303 e. The van der Waals surface area contributed by atoms with Gasteiger partial charge >= 0.3 is 0 Å². The molecule has 110 valence electrons. The lowest BCUT2D eigenvalue weighted by Crippen LogP contribution is -2.04. The quantitative estimate of drug-likeness (QED) is 0.625. The lowest BCUT2D eigenvalue weighted by molar-refractivity contribution is -0.108. The first-order chi connectivity index (χ1) is 10.6. The van der Waals surface area contributed by atoms with Gasteiger partial charge in [-0.15, -0.1) is 0 Å². The molecule has 0 amide bonds. The maximum atomic E-state index is 11.4. The van der Waals surface area contributed by atoms with E-state index in [9.17, 15) is 4.79 Å². The minimum absolute atomic E-state index is 0.206. The summed E-state index contributed by atoms with van der Waals surface area (Å²) in [5, 5.41) is 1.75. The first-order valence-corrected chi connectivity index (χ1v) is 7.60. The molecule has 0 saturated heterocycles. The van der Waals surface area contributed by atoms with E-state index in [0.29, 0.717) is 5.02 Å². The molecule has 1 heterocycles. The summed E-state index contributed by atoms with van der Waals surface area (Å²) in [5.41, 5.74) is 4.93. The van der Waals surface area contributed by atoms with Crippen molar-refractivity contribution in [1.82, 2.24) is 4.98 Å². The second kappa shape index (κ2) is 5.90. The third-order valence-corrected chi connectivity index (χ3v) is 4.17. The van der Waals surface area contributed by atoms with Crippen LogP contribution >= 0.6 is 11.6 Å². The Morgan fingerprint density at radius 3 is 2.45 bits per heavy atom. The van der Waals surface area contributed by atoms with Crippen LogP contribution in [-0.2, 0) is 4.79 Å². The number of aldehydes is 1. The van der Waals surface area contributed by atoms with Crippen molar-refractivity contribution in [2.24, 2.45) is 0 Å². The van der Waals surface area contributed by atoms with Crippen molar-refractivity contribution in [3.05, 3.63) is 64.8 Å². The van der Waals surface area contributed by atoms with E-state index in [1.54, 1.807) is 0 Å². The Bertz CT molecular complexity index is 840. The molecule has 0 saturated carbocycles. The molecule has 1 atom stereocenters. The number of fused-ring (bicyclic) bond motifs is 1. The maximum Gasteiger partial charge on any atom is 0.127 e. The molecule has 0 fully saturated rings. The van der Waals surface area contributed by atoms with Crippen LogP contribution in [0.2, 0.25) is 5.02 Å².